The topological polar surface area (TPSA) is 38.7 Å². The molecule has 3 nitrogen and oxygen atoms in total. The summed E-state index contributed by atoms with van der Waals surface area (Å²) in [5.74, 6) is 1.58. The van der Waals surface area contributed by atoms with Gasteiger partial charge < -0.3 is 14.6 Å². The molecule has 1 aliphatic carbocycles. The number of aliphatic hydroxyl groups excluding tert-OH is 1. The molecule has 1 saturated carbocycles. The van der Waals surface area contributed by atoms with Crippen molar-refractivity contribution in [2.45, 2.75) is 57.7 Å². The number of benzene rings is 1. The minimum Gasteiger partial charge on any atom is -0.497 e. The van der Waals surface area contributed by atoms with Gasteiger partial charge in [-0.3, -0.25) is 0 Å². The minimum absolute atomic E-state index is 0.186. The van der Waals surface area contributed by atoms with Crippen LogP contribution in [0.15, 0.2) is 18.2 Å². The van der Waals surface area contributed by atoms with Crippen molar-refractivity contribution >= 4 is 0 Å². The molecular formula is C17H24O3. The van der Waals surface area contributed by atoms with E-state index in [1.54, 1.807) is 7.11 Å². The smallest absolute Gasteiger partial charge is 0.129 e. The first kappa shape index (κ1) is 13.7. The molecule has 3 rings (SSSR count). The van der Waals surface area contributed by atoms with Crippen molar-refractivity contribution in [3.8, 4) is 11.5 Å². The lowest BCUT2D eigenvalue weighted by molar-refractivity contribution is -0.0577. The summed E-state index contributed by atoms with van der Waals surface area (Å²) in [6, 6.07) is 5.70. The zero-order valence-electron chi connectivity index (χ0n) is 12.6. The molecule has 0 saturated heterocycles. The van der Waals surface area contributed by atoms with Gasteiger partial charge in [0.2, 0.25) is 0 Å². The van der Waals surface area contributed by atoms with Gasteiger partial charge in [0.1, 0.15) is 17.1 Å². The summed E-state index contributed by atoms with van der Waals surface area (Å²) in [4.78, 5) is 0. The van der Waals surface area contributed by atoms with E-state index in [1.807, 2.05) is 18.2 Å². The van der Waals surface area contributed by atoms with Crippen molar-refractivity contribution in [2.24, 2.45) is 5.41 Å². The van der Waals surface area contributed by atoms with Gasteiger partial charge in [-0.25, -0.2) is 0 Å². The standard InChI is InChI=1S/C17H24O3/c1-16(2)6-8-17(9-7-16)11-14(18)13-5-4-12(19-3)10-15(13)20-17/h4-5,10,14,18H,6-9,11H2,1-3H3. The molecule has 0 radical (unpaired) electrons. The Labute approximate surface area is 120 Å². The predicted octanol–water partition coefficient (Wildman–Crippen LogP) is 3.85. The minimum atomic E-state index is -0.425. The summed E-state index contributed by atoms with van der Waals surface area (Å²) in [5.41, 5.74) is 1.10. The maximum atomic E-state index is 10.5. The van der Waals surface area contributed by atoms with E-state index >= 15 is 0 Å². The third-order valence-corrected chi connectivity index (χ3v) is 4.99. The van der Waals surface area contributed by atoms with Gasteiger partial charge in [0.25, 0.3) is 0 Å². The zero-order chi connectivity index (χ0) is 14.4. The van der Waals surface area contributed by atoms with E-state index in [-0.39, 0.29) is 5.60 Å². The molecule has 1 atom stereocenters. The molecule has 0 bridgehead atoms. The van der Waals surface area contributed by atoms with Crippen LogP contribution in [0.5, 0.6) is 11.5 Å². The van der Waals surface area contributed by atoms with Gasteiger partial charge in [-0.15, -0.1) is 0 Å². The maximum absolute atomic E-state index is 10.5. The highest BCUT2D eigenvalue weighted by atomic mass is 16.5. The van der Waals surface area contributed by atoms with E-state index in [9.17, 15) is 5.11 Å². The fourth-order valence-corrected chi connectivity index (χ4v) is 3.43. The normalized spacial score (nSPS) is 26.7. The van der Waals surface area contributed by atoms with Crippen LogP contribution in [0.3, 0.4) is 0 Å². The summed E-state index contributed by atoms with van der Waals surface area (Å²) in [6.45, 7) is 4.63. The number of rotatable bonds is 1. The van der Waals surface area contributed by atoms with E-state index in [0.717, 1.165) is 42.7 Å². The summed E-state index contributed by atoms with van der Waals surface area (Å²) >= 11 is 0. The molecule has 2 aliphatic rings. The van der Waals surface area contributed by atoms with Crippen LogP contribution in [0.25, 0.3) is 0 Å². The fourth-order valence-electron chi connectivity index (χ4n) is 3.43. The van der Waals surface area contributed by atoms with Crippen molar-refractivity contribution in [3.63, 3.8) is 0 Å². The quantitative estimate of drug-likeness (QED) is 0.846. The highest BCUT2D eigenvalue weighted by molar-refractivity contribution is 5.44. The highest BCUT2D eigenvalue weighted by Crippen LogP contribution is 2.50. The van der Waals surface area contributed by atoms with Gasteiger partial charge in [-0.1, -0.05) is 13.8 Å². The molecule has 0 aromatic heterocycles. The molecule has 1 N–H and O–H groups in total. The van der Waals surface area contributed by atoms with Crippen LogP contribution >= 0.6 is 0 Å². The predicted molar refractivity (Wildman–Crippen MR) is 78.2 cm³/mol. The second kappa shape index (κ2) is 4.66. The van der Waals surface area contributed by atoms with Crippen molar-refractivity contribution in [1.82, 2.24) is 0 Å². The molecule has 1 unspecified atom stereocenters. The third kappa shape index (κ3) is 2.39. The largest absolute Gasteiger partial charge is 0.497 e. The molecule has 3 heteroatoms. The first-order valence-corrected chi connectivity index (χ1v) is 7.48. The molecule has 20 heavy (non-hydrogen) atoms. The van der Waals surface area contributed by atoms with Crippen LogP contribution in [0.4, 0.5) is 0 Å². The lowest BCUT2D eigenvalue weighted by atomic mass is 9.68. The number of hydrogen-bond donors (Lipinski definition) is 1. The van der Waals surface area contributed by atoms with Crippen LogP contribution in [-0.2, 0) is 0 Å². The van der Waals surface area contributed by atoms with Crippen LogP contribution < -0.4 is 9.47 Å². The van der Waals surface area contributed by atoms with Crippen LogP contribution in [-0.4, -0.2) is 17.8 Å². The van der Waals surface area contributed by atoms with E-state index in [2.05, 4.69) is 13.8 Å². The summed E-state index contributed by atoms with van der Waals surface area (Å²) in [6.07, 6.45) is 4.63. The van der Waals surface area contributed by atoms with Crippen molar-refractivity contribution < 1.29 is 14.6 Å². The average Bonchev–Trinajstić information content (AvgIpc) is 2.42. The molecule has 110 valence electrons. The summed E-state index contributed by atoms with van der Waals surface area (Å²) in [7, 11) is 1.65. The Morgan fingerprint density at radius 1 is 1.20 bits per heavy atom. The van der Waals surface area contributed by atoms with Gasteiger partial charge >= 0.3 is 0 Å². The number of fused-ring (bicyclic) bond motifs is 1. The molecule has 1 fully saturated rings. The Morgan fingerprint density at radius 2 is 1.90 bits per heavy atom. The average molecular weight is 276 g/mol. The monoisotopic (exact) mass is 276 g/mol. The number of methoxy groups -OCH3 is 1. The van der Waals surface area contributed by atoms with Crippen LogP contribution in [0.1, 0.15) is 57.6 Å². The molecular weight excluding hydrogens is 252 g/mol. The van der Waals surface area contributed by atoms with Gasteiger partial charge in [0, 0.05) is 18.1 Å². The van der Waals surface area contributed by atoms with Gasteiger partial charge in [0.05, 0.1) is 13.2 Å². The SMILES string of the molecule is COc1ccc2c(c1)OC1(CCC(C)(C)CC1)CC2O. The molecule has 1 aromatic carbocycles. The Hall–Kier alpha value is -1.22. The lowest BCUT2D eigenvalue weighted by Crippen LogP contribution is -2.45. The fraction of sp³-hybridized carbons (Fsp3) is 0.647. The number of aliphatic hydroxyl groups is 1. The molecule has 1 aromatic rings. The maximum Gasteiger partial charge on any atom is 0.129 e. The summed E-state index contributed by atoms with van der Waals surface area (Å²) in [5, 5.41) is 10.5. The zero-order valence-corrected chi connectivity index (χ0v) is 12.6. The second-order valence-electron chi connectivity index (χ2n) is 7.07. The molecule has 1 aliphatic heterocycles. The Bertz CT molecular complexity index is 497. The Kier molecular flexibility index (Phi) is 3.20. The van der Waals surface area contributed by atoms with Crippen molar-refractivity contribution in [1.29, 1.82) is 0 Å². The van der Waals surface area contributed by atoms with E-state index in [4.69, 9.17) is 9.47 Å². The van der Waals surface area contributed by atoms with E-state index < -0.39 is 6.10 Å². The van der Waals surface area contributed by atoms with Gasteiger partial charge in [-0.2, -0.15) is 0 Å². The van der Waals surface area contributed by atoms with Crippen molar-refractivity contribution in [3.05, 3.63) is 23.8 Å². The Balaban J connectivity index is 1.88. The highest BCUT2D eigenvalue weighted by Gasteiger charge is 2.44. The third-order valence-electron chi connectivity index (χ3n) is 4.99. The second-order valence-corrected chi connectivity index (χ2v) is 7.07. The number of ether oxygens (including phenoxy) is 2. The van der Waals surface area contributed by atoms with E-state index in [0.29, 0.717) is 11.8 Å². The van der Waals surface area contributed by atoms with Gasteiger partial charge in [-0.05, 0) is 43.2 Å². The van der Waals surface area contributed by atoms with Crippen molar-refractivity contribution in [2.75, 3.05) is 7.11 Å². The summed E-state index contributed by atoms with van der Waals surface area (Å²) < 4.78 is 11.6. The Morgan fingerprint density at radius 3 is 2.55 bits per heavy atom. The van der Waals surface area contributed by atoms with Gasteiger partial charge in [0.15, 0.2) is 0 Å². The molecule has 0 amide bonds. The first-order chi connectivity index (χ1) is 9.43. The van der Waals surface area contributed by atoms with E-state index in [1.165, 1.54) is 0 Å². The van der Waals surface area contributed by atoms with Crippen LogP contribution in [0.2, 0.25) is 0 Å². The number of hydrogen-bond acceptors (Lipinski definition) is 3. The van der Waals surface area contributed by atoms with Crippen LogP contribution in [0, 0.1) is 5.41 Å². The first-order valence-electron chi connectivity index (χ1n) is 7.48. The molecule has 1 spiro atoms. The molecule has 1 heterocycles. The lowest BCUT2D eigenvalue weighted by Gasteiger charge is -2.47.